The van der Waals surface area contributed by atoms with Gasteiger partial charge in [0.15, 0.2) is 0 Å². The quantitative estimate of drug-likeness (QED) is 0.363. The lowest BCUT2D eigenvalue weighted by molar-refractivity contribution is -0.143. The average Bonchev–Trinajstić information content (AvgIpc) is 3.51. The van der Waals surface area contributed by atoms with Gasteiger partial charge in [0.2, 0.25) is 11.8 Å². The molecule has 2 aliphatic rings. The molecule has 0 unspecified atom stereocenters. The molecule has 1 saturated heterocycles. The van der Waals surface area contributed by atoms with E-state index in [2.05, 4.69) is 33.6 Å². The van der Waals surface area contributed by atoms with Crippen LogP contribution in [0.1, 0.15) is 30.1 Å². The van der Waals surface area contributed by atoms with Crippen molar-refractivity contribution in [3.05, 3.63) is 52.6 Å². The van der Waals surface area contributed by atoms with Gasteiger partial charge in [-0.1, -0.05) is 6.92 Å². The third-order valence-electron chi connectivity index (χ3n) is 7.87. The van der Waals surface area contributed by atoms with Gasteiger partial charge < -0.3 is 24.1 Å². The van der Waals surface area contributed by atoms with E-state index in [1.54, 1.807) is 0 Å². The molecule has 1 aromatic carbocycles. The van der Waals surface area contributed by atoms with E-state index in [0.29, 0.717) is 30.0 Å². The molecule has 0 radical (unpaired) electrons. The Bertz CT molecular complexity index is 1720. The van der Waals surface area contributed by atoms with Crippen LogP contribution in [0.15, 0.2) is 41.5 Å². The highest BCUT2D eigenvalue weighted by Gasteiger charge is 2.32. The minimum atomic E-state index is -4.55. The summed E-state index contributed by atoms with van der Waals surface area (Å²) in [7, 11) is 1.48. The van der Waals surface area contributed by atoms with Crippen molar-refractivity contribution in [3.8, 4) is 17.0 Å². The monoisotopic (exact) mass is 598 g/mol. The molecule has 5 heterocycles. The van der Waals surface area contributed by atoms with Crippen molar-refractivity contribution in [2.75, 3.05) is 43.0 Å². The van der Waals surface area contributed by atoms with Gasteiger partial charge in [-0.2, -0.15) is 18.3 Å². The first-order valence-electron chi connectivity index (χ1n) is 14.3. The standard InChI is InChI=1S/C29H33F3N8O3/c1-18-4-3-11-43-27-22(14-34-40(27)17-29(30,31)32)21-12-19(16-37(2)26(21)42)25(41)36-28-35-23-6-5-20(13-24(23)39(28)15-18)38-9-7-33-8-10-38/h5-6,12-14,16,18,33H,3-4,7-11,15,17H2,1-2H3,(H,35,36,41)/t18-/m1/s1. The number of carbonyl (C=O) groups excluding carboxylic acids is 1. The van der Waals surface area contributed by atoms with Crippen LogP contribution >= 0.6 is 0 Å². The van der Waals surface area contributed by atoms with E-state index >= 15 is 0 Å². The average molecular weight is 599 g/mol. The number of pyridine rings is 1. The molecule has 2 aliphatic heterocycles. The molecule has 1 atom stereocenters. The highest BCUT2D eigenvalue weighted by molar-refractivity contribution is 6.04. The van der Waals surface area contributed by atoms with E-state index in [0.717, 1.165) is 42.9 Å². The Balaban J connectivity index is 1.43. The van der Waals surface area contributed by atoms with Crippen molar-refractivity contribution in [2.24, 2.45) is 13.0 Å². The fourth-order valence-corrected chi connectivity index (χ4v) is 5.71. The molecule has 1 amide bonds. The number of carbonyl (C=O) groups is 1. The van der Waals surface area contributed by atoms with Crippen LogP contribution in [0.5, 0.6) is 5.88 Å². The Morgan fingerprint density at radius 2 is 1.91 bits per heavy atom. The first-order chi connectivity index (χ1) is 20.6. The summed E-state index contributed by atoms with van der Waals surface area (Å²) in [4.78, 5) is 33.8. The molecular formula is C29H33F3N8O3. The smallest absolute Gasteiger partial charge is 0.408 e. The predicted octanol–water partition coefficient (Wildman–Crippen LogP) is 3.63. The number of hydrogen-bond donors (Lipinski definition) is 2. The van der Waals surface area contributed by atoms with Crippen LogP contribution in [0.25, 0.3) is 22.2 Å². The topological polar surface area (TPSA) is 111 Å². The van der Waals surface area contributed by atoms with Gasteiger partial charge in [-0.3, -0.25) is 14.9 Å². The maximum atomic E-state index is 13.6. The van der Waals surface area contributed by atoms with Crippen LogP contribution in [-0.4, -0.2) is 68.8 Å². The number of imidazole rings is 1. The van der Waals surface area contributed by atoms with Gasteiger partial charge >= 0.3 is 6.18 Å². The first-order valence-corrected chi connectivity index (χ1v) is 14.3. The van der Waals surface area contributed by atoms with Gasteiger partial charge in [-0.15, -0.1) is 0 Å². The lowest BCUT2D eigenvalue weighted by Gasteiger charge is -2.29. The number of aryl methyl sites for hydroxylation is 1. The number of hydrogen-bond acceptors (Lipinski definition) is 7. The zero-order valence-corrected chi connectivity index (χ0v) is 23.9. The van der Waals surface area contributed by atoms with Crippen molar-refractivity contribution in [1.82, 2.24) is 29.2 Å². The molecule has 3 aromatic heterocycles. The SMILES string of the molecule is C[C@@H]1CCCOc2c(cnn2CC(F)(F)F)-c2cc(cn(C)c2=O)C(=O)Nc2nc3ccc(N4CCNCC4)cc3n2C1. The Morgan fingerprint density at radius 3 is 2.67 bits per heavy atom. The molecule has 0 aliphatic carbocycles. The number of alkyl halides is 3. The maximum absolute atomic E-state index is 13.6. The van der Waals surface area contributed by atoms with E-state index in [1.807, 2.05) is 16.7 Å². The molecule has 228 valence electrons. The second-order valence-electron chi connectivity index (χ2n) is 11.2. The Morgan fingerprint density at radius 1 is 1.12 bits per heavy atom. The van der Waals surface area contributed by atoms with E-state index < -0.39 is 24.2 Å². The predicted molar refractivity (Wildman–Crippen MR) is 156 cm³/mol. The Labute approximate surface area is 245 Å². The van der Waals surface area contributed by atoms with Crippen molar-refractivity contribution >= 4 is 28.6 Å². The number of rotatable bonds is 2. The van der Waals surface area contributed by atoms with Gasteiger partial charge in [0.25, 0.3) is 11.5 Å². The van der Waals surface area contributed by atoms with Crippen LogP contribution in [-0.2, 0) is 20.1 Å². The van der Waals surface area contributed by atoms with Crippen LogP contribution in [0, 0.1) is 5.92 Å². The molecular weight excluding hydrogens is 565 g/mol. The molecule has 2 N–H and O–H groups in total. The van der Waals surface area contributed by atoms with E-state index in [-0.39, 0.29) is 35.1 Å². The van der Waals surface area contributed by atoms with Gasteiger partial charge in [0.1, 0.15) is 6.54 Å². The first kappa shape index (κ1) is 28.8. The van der Waals surface area contributed by atoms with Crippen molar-refractivity contribution in [3.63, 3.8) is 0 Å². The highest BCUT2D eigenvalue weighted by atomic mass is 19.4. The van der Waals surface area contributed by atoms with Crippen LogP contribution in [0.2, 0.25) is 0 Å². The second kappa shape index (κ2) is 11.4. The summed E-state index contributed by atoms with van der Waals surface area (Å²) in [6.45, 7) is 4.95. The van der Waals surface area contributed by atoms with Crippen molar-refractivity contribution in [1.29, 1.82) is 0 Å². The normalized spacial score (nSPS) is 18.3. The van der Waals surface area contributed by atoms with Crippen LogP contribution in [0.4, 0.5) is 24.8 Å². The number of fused-ring (bicyclic) bond motifs is 7. The summed E-state index contributed by atoms with van der Waals surface area (Å²) >= 11 is 0. The molecule has 1 fully saturated rings. The summed E-state index contributed by atoms with van der Waals surface area (Å²) in [5.41, 5.74) is 2.45. The molecule has 4 aromatic rings. The summed E-state index contributed by atoms with van der Waals surface area (Å²) in [5, 5.41) is 10.2. The summed E-state index contributed by atoms with van der Waals surface area (Å²) < 4.78 is 49.8. The summed E-state index contributed by atoms with van der Waals surface area (Å²) in [6, 6.07) is 7.46. The number of aromatic nitrogens is 5. The molecule has 2 bridgehead atoms. The third kappa shape index (κ3) is 5.96. The van der Waals surface area contributed by atoms with Crippen LogP contribution in [0.3, 0.4) is 0 Å². The number of amides is 1. The second-order valence-corrected chi connectivity index (χ2v) is 11.2. The Hall–Kier alpha value is -4.33. The molecule has 0 saturated carbocycles. The lowest BCUT2D eigenvalue weighted by atomic mass is 10.1. The minimum absolute atomic E-state index is 0.0102. The zero-order valence-electron chi connectivity index (χ0n) is 23.9. The molecule has 43 heavy (non-hydrogen) atoms. The summed E-state index contributed by atoms with van der Waals surface area (Å²) in [5.74, 6) is -0.168. The number of nitrogens with one attached hydrogen (secondary N) is 2. The fourth-order valence-electron chi connectivity index (χ4n) is 5.71. The maximum Gasteiger partial charge on any atom is 0.408 e. The number of anilines is 2. The molecule has 0 spiro atoms. The van der Waals surface area contributed by atoms with Gasteiger partial charge in [0.05, 0.1) is 40.5 Å². The van der Waals surface area contributed by atoms with E-state index in [1.165, 1.54) is 30.1 Å². The largest absolute Gasteiger partial charge is 0.477 e. The molecule has 14 heteroatoms. The number of nitrogens with zero attached hydrogens (tertiary/aromatic N) is 6. The van der Waals surface area contributed by atoms with Crippen LogP contribution < -0.4 is 25.8 Å². The number of piperazine rings is 1. The highest BCUT2D eigenvalue weighted by Crippen LogP contribution is 2.32. The summed E-state index contributed by atoms with van der Waals surface area (Å²) in [6.07, 6.45) is -0.734. The van der Waals surface area contributed by atoms with Gasteiger partial charge in [-0.05, 0) is 43.0 Å². The minimum Gasteiger partial charge on any atom is -0.477 e. The van der Waals surface area contributed by atoms with Gasteiger partial charge in [-0.25, -0.2) is 9.67 Å². The third-order valence-corrected chi connectivity index (χ3v) is 7.87. The fraction of sp³-hybridized carbons (Fsp3) is 0.448. The van der Waals surface area contributed by atoms with Gasteiger partial charge in [0, 0.05) is 51.7 Å². The molecule has 6 rings (SSSR count). The van der Waals surface area contributed by atoms with Crippen molar-refractivity contribution < 1.29 is 22.7 Å². The number of benzene rings is 1. The van der Waals surface area contributed by atoms with Crippen molar-refractivity contribution in [2.45, 2.75) is 39.0 Å². The zero-order chi connectivity index (χ0) is 30.3. The van der Waals surface area contributed by atoms with E-state index in [9.17, 15) is 22.8 Å². The Kier molecular flexibility index (Phi) is 7.63. The number of ether oxygens (including phenoxy) is 1. The number of halogens is 3. The lowest BCUT2D eigenvalue weighted by Crippen LogP contribution is -2.43. The molecule has 11 nitrogen and oxygen atoms in total. The van der Waals surface area contributed by atoms with E-state index in [4.69, 9.17) is 9.72 Å².